The Hall–Kier alpha value is -2.42. The summed E-state index contributed by atoms with van der Waals surface area (Å²) >= 11 is 2.11. The van der Waals surface area contributed by atoms with E-state index in [9.17, 15) is 14.4 Å². The van der Waals surface area contributed by atoms with Crippen LogP contribution in [0.2, 0.25) is 0 Å². The Morgan fingerprint density at radius 1 is 0.880 bits per heavy atom. The summed E-state index contributed by atoms with van der Waals surface area (Å²) in [6.07, 6.45) is 0. The second-order valence-electron chi connectivity index (χ2n) is 5.25. The topological polar surface area (TPSA) is 87.3 Å². The molecule has 0 aliphatic carbocycles. The van der Waals surface area contributed by atoms with Crippen molar-refractivity contribution >= 4 is 46.0 Å². The van der Waals surface area contributed by atoms with Gasteiger partial charge in [0, 0.05) is 34.8 Å². The van der Waals surface area contributed by atoms with Gasteiger partial charge in [0.05, 0.1) is 5.56 Å². The summed E-state index contributed by atoms with van der Waals surface area (Å²) in [6.45, 7) is 2.08. The molecule has 2 aromatic carbocycles. The van der Waals surface area contributed by atoms with Crippen molar-refractivity contribution in [2.45, 2.75) is 6.92 Å². The van der Waals surface area contributed by atoms with E-state index in [0.717, 1.165) is 3.57 Å². The van der Waals surface area contributed by atoms with Crippen LogP contribution in [-0.2, 0) is 4.79 Å². The van der Waals surface area contributed by atoms with Crippen molar-refractivity contribution in [2.75, 3.05) is 18.4 Å². The van der Waals surface area contributed by atoms with Gasteiger partial charge < -0.3 is 16.0 Å². The summed E-state index contributed by atoms with van der Waals surface area (Å²) in [4.78, 5) is 35.0. The summed E-state index contributed by atoms with van der Waals surface area (Å²) in [6, 6.07) is 13.9. The highest BCUT2D eigenvalue weighted by Gasteiger charge is 2.09. The number of amides is 3. The largest absolute Gasteiger partial charge is 0.350 e. The Morgan fingerprint density at radius 3 is 2.08 bits per heavy atom. The van der Waals surface area contributed by atoms with Crippen molar-refractivity contribution in [2.24, 2.45) is 0 Å². The minimum Gasteiger partial charge on any atom is -0.350 e. The van der Waals surface area contributed by atoms with E-state index < -0.39 is 0 Å². The third kappa shape index (κ3) is 5.86. The van der Waals surface area contributed by atoms with Crippen LogP contribution in [-0.4, -0.2) is 30.8 Å². The van der Waals surface area contributed by atoms with E-state index in [-0.39, 0.29) is 17.7 Å². The van der Waals surface area contributed by atoms with Gasteiger partial charge >= 0.3 is 0 Å². The van der Waals surface area contributed by atoms with Crippen LogP contribution in [0, 0.1) is 3.57 Å². The van der Waals surface area contributed by atoms with Gasteiger partial charge in [0.15, 0.2) is 0 Å². The first-order valence-electron chi connectivity index (χ1n) is 7.66. The van der Waals surface area contributed by atoms with Crippen LogP contribution in [0.5, 0.6) is 0 Å². The molecule has 0 atom stereocenters. The van der Waals surface area contributed by atoms with E-state index in [1.807, 2.05) is 18.2 Å². The lowest BCUT2D eigenvalue weighted by atomic mass is 10.2. The SMILES string of the molecule is CC(=O)Nc1ccc(C(=O)NCCNC(=O)c2ccccc2I)cc1. The van der Waals surface area contributed by atoms with Crippen molar-refractivity contribution in [1.29, 1.82) is 0 Å². The number of carbonyl (C=O) groups excluding carboxylic acids is 3. The standard InChI is InChI=1S/C18H18IN3O3/c1-12(23)22-14-8-6-13(7-9-14)17(24)20-10-11-21-18(25)15-4-2-3-5-16(15)19/h2-9H,10-11H2,1H3,(H,20,24)(H,21,25)(H,22,23). The fourth-order valence-corrected chi connectivity index (χ4v) is 2.74. The third-order valence-corrected chi connectivity index (χ3v) is 4.22. The minimum atomic E-state index is -0.238. The van der Waals surface area contributed by atoms with Crippen molar-refractivity contribution in [3.8, 4) is 0 Å². The monoisotopic (exact) mass is 451 g/mol. The summed E-state index contributed by atoms with van der Waals surface area (Å²) in [5.74, 6) is -0.571. The van der Waals surface area contributed by atoms with E-state index in [0.29, 0.717) is 29.9 Å². The first kappa shape index (κ1) is 18.9. The molecule has 0 bridgehead atoms. The highest BCUT2D eigenvalue weighted by molar-refractivity contribution is 14.1. The first-order chi connectivity index (χ1) is 12.0. The molecular weight excluding hydrogens is 433 g/mol. The van der Waals surface area contributed by atoms with E-state index in [1.54, 1.807) is 30.3 Å². The highest BCUT2D eigenvalue weighted by Crippen LogP contribution is 2.11. The molecule has 0 saturated carbocycles. The molecule has 6 nitrogen and oxygen atoms in total. The summed E-state index contributed by atoms with van der Waals surface area (Å²) in [5, 5.41) is 8.15. The predicted octanol–water partition coefficient (Wildman–Crippen LogP) is 2.41. The van der Waals surface area contributed by atoms with Gasteiger partial charge in [-0.05, 0) is 59.0 Å². The maximum atomic E-state index is 12.0. The van der Waals surface area contributed by atoms with Gasteiger partial charge in [-0.25, -0.2) is 0 Å². The molecule has 0 radical (unpaired) electrons. The Bertz CT molecular complexity index is 775. The molecule has 3 amide bonds. The zero-order valence-electron chi connectivity index (χ0n) is 13.6. The third-order valence-electron chi connectivity index (χ3n) is 3.28. The number of anilines is 1. The normalized spacial score (nSPS) is 10.0. The van der Waals surface area contributed by atoms with Gasteiger partial charge in [-0.1, -0.05) is 12.1 Å². The zero-order valence-corrected chi connectivity index (χ0v) is 15.8. The number of benzene rings is 2. The Labute approximate surface area is 159 Å². The lowest BCUT2D eigenvalue weighted by Gasteiger charge is -2.09. The van der Waals surface area contributed by atoms with Crippen LogP contribution in [0.3, 0.4) is 0 Å². The first-order valence-corrected chi connectivity index (χ1v) is 8.74. The van der Waals surface area contributed by atoms with Crippen molar-refractivity contribution in [3.63, 3.8) is 0 Å². The number of hydrogen-bond donors (Lipinski definition) is 3. The maximum Gasteiger partial charge on any atom is 0.252 e. The average molecular weight is 451 g/mol. The van der Waals surface area contributed by atoms with Gasteiger partial charge in [-0.2, -0.15) is 0 Å². The average Bonchev–Trinajstić information content (AvgIpc) is 2.59. The molecule has 0 fully saturated rings. The molecule has 0 aromatic heterocycles. The lowest BCUT2D eigenvalue weighted by Crippen LogP contribution is -2.34. The second kappa shape index (κ2) is 9.16. The predicted molar refractivity (Wildman–Crippen MR) is 105 cm³/mol. The van der Waals surface area contributed by atoms with Gasteiger partial charge in [-0.3, -0.25) is 14.4 Å². The molecular formula is C18H18IN3O3. The number of halogens is 1. The summed E-state index contributed by atoms with van der Waals surface area (Å²) < 4.78 is 0.876. The van der Waals surface area contributed by atoms with E-state index in [4.69, 9.17) is 0 Å². The van der Waals surface area contributed by atoms with Gasteiger partial charge in [0.2, 0.25) is 5.91 Å². The number of rotatable bonds is 6. The molecule has 0 saturated heterocycles. The quantitative estimate of drug-likeness (QED) is 0.466. The van der Waals surface area contributed by atoms with Gasteiger partial charge in [-0.15, -0.1) is 0 Å². The highest BCUT2D eigenvalue weighted by atomic mass is 127. The molecule has 0 spiro atoms. The van der Waals surface area contributed by atoms with Crippen LogP contribution in [0.4, 0.5) is 5.69 Å². The minimum absolute atomic E-state index is 0.166. The zero-order chi connectivity index (χ0) is 18.2. The van der Waals surface area contributed by atoms with Gasteiger partial charge in [0.1, 0.15) is 0 Å². The fraction of sp³-hybridized carbons (Fsp3) is 0.167. The van der Waals surface area contributed by atoms with Crippen LogP contribution >= 0.6 is 22.6 Å². The van der Waals surface area contributed by atoms with Crippen LogP contribution in [0.1, 0.15) is 27.6 Å². The van der Waals surface area contributed by atoms with Crippen molar-refractivity contribution < 1.29 is 14.4 Å². The Balaban J connectivity index is 1.78. The molecule has 2 rings (SSSR count). The molecule has 0 unspecified atom stereocenters. The van der Waals surface area contributed by atoms with E-state index >= 15 is 0 Å². The van der Waals surface area contributed by atoms with Crippen LogP contribution < -0.4 is 16.0 Å². The number of nitrogens with one attached hydrogen (secondary N) is 3. The maximum absolute atomic E-state index is 12.0. The Kier molecular flexibility index (Phi) is 6.93. The Morgan fingerprint density at radius 2 is 1.48 bits per heavy atom. The molecule has 0 heterocycles. The molecule has 2 aromatic rings. The molecule has 25 heavy (non-hydrogen) atoms. The van der Waals surface area contributed by atoms with Crippen LogP contribution in [0.15, 0.2) is 48.5 Å². The second-order valence-corrected chi connectivity index (χ2v) is 6.41. The molecule has 0 aliphatic rings. The molecule has 3 N–H and O–H groups in total. The summed E-state index contributed by atoms with van der Waals surface area (Å²) in [5.41, 5.74) is 1.73. The lowest BCUT2D eigenvalue weighted by molar-refractivity contribution is -0.114. The van der Waals surface area contributed by atoms with E-state index in [2.05, 4.69) is 38.5 Å². The van der Waals surface area contributed by atoms with Crippen LogP contribution in [0.25, 0.3) is 0 Å². The van der Waals surface area contributed by atoms with E-state index in [1.165, 1.54) is 6.92 Å². The molecule has 7 heteroatoms. The summed E-state index contributed by atoms with van der Waals surface area (Å²) in [7, 11) is 0. The number of carbonyl (C=O) groups is 3. The van der Waals surface area contributed by atoms with Gasteiger partial charge in [0.25, 0.3) is 11.8 Å². The smallest absolute Gasteiger partial charge is 0.252 e. The number of hydrogen-bond acceptors (Lipinski definition) is 3. The fourth-order valence-electron chi connectivity index (χ4n) is 2.10. The molecule has 130 valence electrons. The van der Waals surface area contributed by atoms with Crippen molar-refractivity contribution in [1.82, 2.24) is 10.6 Å². The van der Waals surface area contributed by atoms with Crippen molar-refractivity contribution in [3.05, 3.63) is 63.2 Å². The molecule has 0 aliphatic heterocycles.